The number of benzene rings is 1. The van der Waals surface area contributed by atoms with E-state index in [-0.39, 0.29) is 11.8 Å². The van der Waals surface area contributed by atoms with E-state index in [9.17, 15) is 9.59 Å². The summed E-state index contributed by atoms with van der Waals surface area (Å²) in [6, 6.07) is 6.79. The van der Waals surface area contributed by atoms with Gasteiger partial charge in [-0.3, -0.25) is 14.5 Å². The van der Waals surface area contributed by atoms with Gasteiger partial charge in [0.05, 0.1) is 0 Å². The highest BCUT2D eigenvalue weighted by Gasteiger charge is 2.20. The van der Waals surface area contributed by atoms with E-state index in [4.69, 9.17) is 0 Å². The highest BCUT2D eigenvalue weighted by Crippen LogP contribution is 2.23. The van der Waals surface area contributed by atoms with Crippen molar-refractivity contribution in [1.29, 1.82) is 0 Å². The molecule has 2 rings (SSSR count). The predicted molar refractivity (Wildman–Crippen MR) is 65.6 cm³/mol. The third kappa shape index (κ3) is 1.97. The van der Waals surface area contributed by atoms with Gasteiger partial charge in [0.2, 0.25) is 0 Å². The van der Waals surface area contributed by atoms with E-state index in [0.717, 1.165) is 0 Å². The van der Waals surface area contributed by atoms with E-state index in [1.54, 1.807) is 37.4 Å². The van der Waals surface area contributed by atoms with Crippen LogP contribution < -0.4 is 10.2 Å². The first kappa shape index (κ1) is 11.1. The summed E-state index contributed by atoms with van der Waals surface area (Å²) in [6.45, 7) is 3.78. The molecule has 0 radical (unpaired) electrons. The standard InChI is InChI=1S/C13H12N2O2/c1-9-3-8-12(16)15(9)11-6-4-10(5-7-11)13(17)14-2/h3-8H,1H2,2H3,(H,14,17). The van der Waals surface area contributed by atoms with Gasteiger partial charge in [-0.15, -0.1) is 0 Å². The van der Waals surface area contributed by atoms with Crippen LogP contribution in [-0.2, 0) is 4.79 Å². The second-order valence-corrected chi connectivity index (χ2v) is 3.62. The average molecular weight is 228 g/mol. The second-order valence-electron chi connectivity index (χ2n) is 3.62. The first-order valence-electron chi connectivity index (χ1n) is 5.16. The summed E-state index contributed by atoms with van der Waals surface area (Å²) in [5.41, 5.74) is 1.89. The molecule has 0 bridgehead atoms. The molecule has 1 aromatic carbocycles. The Morgan fingerprint density at radius 1 is 1.24 bits per heavy atom. The van der Waals surface area contributed by atoms with Crippen LogP contribution in [0.2, 0.25) is 0 Å². The summed E-state index contributed by atoms with van der Waals surface area (Å²) >= 11 is 0. The molecule has 4 heteroatoms. The molecule has 1 heterocycles. The molecule has 0 saturated heterocycles. The summed E-state index contributed by atoms with van der Waals surface area (Å²) < 4.78 is 0. The van der Waals surface area contributed by atoms with Crippen molar-refractivity contribution in [3.05, 3.63) is 54.3 Å². The maximum Gasteiger partial charge on any atom is 0.255 e. The number of nitrogens with one attached hydrogen (secondary N) is 1. The molecule has 17 heavy (non-hydrogen) atoms. The van der Waals surface area contributed by atoms with Crippen molar-refractivity contribution < 1.29 is 9.59 Å². The van der Waals surface area contributed by atoms with Gasteiger partial charge in [0.1, 0.15) is 0 Å². The van der Waals surface area contributed by atoms with E-state index >= 15 is 0 Å². The highest BCUT2D eigenvalue weighted by molar-refractivity contribution is 6.08. The summed E-state index contributed by atoms with van der Waals surface area (Å²) in [5.74, 6) is -0.274. The predicted octanol–water partition coefficient (Wildman–Crippen LogP) is 1.46. The van der Waals surface area contributed by atoms with Crippen LogP contribution in [0.25, 0.3) is 0 Å². The number of amides is 2. The Bertz CT molecular complexity index is 497. The fourth-order valence-corrected chi connectivity index (χ4v) is 1.66. The lowest BCUT2D eigenvalue weighted by Gasteiger charge is -2.17. The normalized spacial score (nSPS) is 14.3. The molecule has 1 aliphatic heterocycles. The van der Waals surface area contributed by atoms with Crippen LogP contribution in [0.5, 0.6) is 0 Å². The molecule has 0 spiro atoms. The average Bonchev–Trinajstić information content (AvgIpc) is 2.68. The zero-order valence-electron chi connectivity index (χ0n) is 9.43. The minimum Gasteiger partial charge on any atom is -0.355 e. The van der Waals surface area contributed by atoms with Crippen molar-refractivity contribution in [3.63, 3.8) is 0 Å². The van der Waals surface area contributed by atoms with Gasteiger partial charge >= 0.3 is 0 Å². The van der Waals surface area contributed by atoms with E-state index in [1.165, 1.54) is 11.0 Å². The Balaban J connectivity index is 2.27. The molecule has 0 aliphatic carbocycles. The highest BCUT2D eigenvalue weighted by atomic mass is 16.2. The van der Waals surface area contributed by atoms with Gasteiger partial charge < -0.3 is 5.32 Å². The molecular weight excluding hydrogens is 216 g/mol. The van der Waals surface area contributed by atoms with Crippen molar-refractivity contribution in [2.45, 2.75) is 0 Å². The minimum absolute atomic E-state index is 0.123. The van der Waals surface area contributed by atoms with Crippen LogP contribution in [0, 0.1) is 0 Å². The molecular formula is C13H12N2O2. The van der Waals surface area contributed by atoms with Gasteiger partial charge in [-0.1, -0.05) is 6.58 Å². The number of anilines is 1. The smallest absolute Gasteiger partial charge is 0.255 e. The molecule has 86 valence electrons. The molecule has 1 N–H and O–H groups in total. The summed E-state index contributed by atoms with van der Waals surface area (Å²) in [5, 5.41) is 2.54. The molecule has 0 atom stereocenters. The van der Waals surface area contributed by atoms with Crippen molar-refractivity contribution in [3.8, 4) is 0 Å². The molecule has 0 saturated carbocycles. The number of rotatable bonds is 2. The van der Waals surface area contributed by atoms with Crippen molar-refractivity contribution in [2.24, 2.45) is 0 Å². The maximum atomic E-state index is 11.6. The van der Waals surface area contributed by atoms with E-state index in [0.29, 0.717) is 16.9 Å². The number of hydrogen-bond donors (Lipinski definition) is 1. The largest absolute Gasteiger partial charge is 0.355 e. The lowest BCUT2D eigenvalue weighted by Crippen LogP contribution is -2.23. The summed E-state index contributed by atoms with van der Waals surface area (Å²) in [6.07, 6.45) is 3.13. The SMILES string of the molecule is C=C1C=CC(=O)N1c1ccc(C(=O)NC)cc1. The van der Waals surface area contributed by atoms with Crippen LogP contribution >= 0.6 is 0 Å². The van der Waals surface area contributed by atoms with E-state index in [1.807, 2.05) is 0 Å². The van der Waals surface area contributed by atoms with Gasteiger partial charge in [-0.05, 0) is 30.3 Å². The Kier molecular flexibility index (Phi) is 2.78. The fourth-order valence-electron chi connectivity index (χ4n) is 1.66. The first-order valence-corrected chi connectivity index (χ1v) is 5.16. The van der Waals surface area contributed by atoms with Gasteiger partial charge in [0, 0.05) is 30.1 Å². The Labute approximate surface area is 99.2 Å². The Morgan fingerprint density at radius 3 is 2.35 bits per heavy atom. The number of carbonyl (C=O) groups is 2. The monoisotopic (exact) mass is 228 g/mol. The third-order valence-corrected chi connectivity index (χ3v) is 2.54. The lowest BCUT2D eigenvalue weighted by molar-refractivity contribution is -0.113. The second kappa shape index (κ2) is 4.25. The molecule has 1 aliphatic rings. The molecule has 1 aromatic rings. The van der Waals surface area contributed by atoms with E-state index in [2.05, 4.69) is 11.9 Å². The van der Waals surface area contributed by atoms with Gasteiger partial charge in [0.15, 0.2) is 0 Å². The summed E-state index contributed by atoms with van der Waals surface area (Å²) in [7, 11) is 1.58. The van der Waals surface area contributed by atoms with E-state index < -0.39 is 0 Å². The number of carbonyl (C=O) groups excluding carboxylic acids is 2. The lowest BCUT2D eigenvalue weighted by atomic mass is 10.2. The fraction of sp³-hybridized carbons (Fsp3) is 0.0769. The van der Waals surface area contributed by atoms with Crippen LogP contribution in [0.15, 0.2) is 48.7 Å². The molecule has 4 nitrogen and oxygen atoms in total. The van der Waals surface area contributed by atoms with Crippen molar-refractivity contribution in [2.75, 3.05) is 11.9 Å². The molecule has 2 amide bonds. The van der Waals surface area contributed by atoms with Crippen LogP contribution in [0.3, 0.4) is 0 Å². The van der Waals surface area contributed by atoms with Gasteiger partial charge in [0.25, 0.3) is 11.8 Å². The first-order chi connectivity index (χ1) is 8.13. The molecule has 0 fully saturated rings. The minimum atomic E-state index is -0.152. The zero-order chi connectivity index (χ0) is 12.4. The summed E-state index contributed by atoms with van der Waals surface area (Å²) in [4.78, 5) is 24.4. The molecule has 0 aromatic heterocycles. The molecule has 0 unspecified atom stereocenters. The third-order valence-electron chi connectivity index (χ3n) is 2.54. The van der Waals surface area contributed by atoms with Crippen LogP contribution in [0.4, 0.5) is 5.69 Å². The Morgan fingerprint density at radius 2 is 1.88 bits per heavy atom. The Hall–Kier alpha value is -2.36. The number of hydrogen-bond acceptors (Lipinski definition) is 2. The maximum absolute atomic E-state index is 11.6. The zero-order valence-corrected chi connectivity index (χ0v) is 9.43. The quantitative estimate of drug-likeness (QED) is 0.833. The number of allylic oxidation sites excluding steroid dienone is 1. The van der Waals surface area contributed by atoms with Crippen molar-refractivity contribution >= 4 is 17.5 Å². The van der Waals surface area contributed by atoms with Crippen LogP contribution in [-0.4, -0.2) is 18.9 Å². The van der Waals surface area contributed by atoms with Gasteiger partial charge in [-0.25, -0.2) is 0 Å². The van der Waals surface area contributed by atoms with Crippen LogP contribution in [0.1, 0.15) is 10.4 Å². The van der Waals surface area contributed by atoms with Crippen molar-refractivity contribution in [1.82, 2.24) is 5.32 Å². The van der Waals surface area contributed by atoms with Gasteiger partial charge in [-0.2, -0.15) is 0 Å². The number of nitrogens with zero attached hydrogens (tertiary/aromatic N) is 1. The topological polar surface area (TPSA) is 49.4 Å².